The van der Waals surface area contributed by atoms with Crippen LogP contribution >= 0.6 is 0 Å². The van der Waals surface area contributed by atoms with Crippen LogP contribution in [0.4, 0.5) is 0 Å². The van der Waals surface area contributed by atoms with Gasteiger partial charge in [0, 0.05) is 19.5 Å². The third-order valence-corrected chi connectivity index (χ3v) is 2.69. The Morgan fingerprint density at radius 2 is 1.67 bits per heavy atom. The van der Waals surface area contributed by atoms with Gasteiger partial charge in [-0.2, -0.15) is 0 Å². The number of aliphatic carboxylic acids is 1. The molecule has 0 rings (SSSR count). The van der Waals surface area contributed by atoms with Crippen molar-refractivity contribution in [2.24, 2.45) is 10.8 Å². The van der Waals surface area contributed by atoms with Gasteiger partial charge in [0.05, 0.1) is 5.41 Å². The van der Waals surface area contributed by atoms with Crippen LogP contribution in [0.15, 0.2) is 0 Å². The summed E-state index contributed by atoms with van der Waals surface area (Å²) in [5.41, 5.74) is -1.05. The molecular formula is C13H26N2O3. The molecule has 5 heteroatoms. The summed E-state index contributed by atoms with van der Waals surface area (Å²) in [5, 5.41) is 11.8. The van der Waals surface area contributed by atoms with Gasteiger partial charge >= 0.3 is 5.97 Å². The van der Waals surface area contributed by atoms with E-state index in [1.165, 1.54) is 0 Å². The zero-order valence-electron chi connectivity index (χ0n) is 12.3. The number of nitrogens with zero attached hydrogens (tertiary/aromatic N) is 1. The van der Waals surface area contributed by atoms with Crippen molar-refractivity contribution in [3.05, 3.63) is 0 Å². The van der Waals surface area contributed by atoms with E-state index in [9.17, 15) is 9.59 Å². The molecule has 0 fully saturated rings. The van der Waals surface area contributed by atoms with Crippen molar-refractivity contribution in [2.45, 2.75) is 34.1 Å². The van der Waals surface area contributed by atoms with Gasteiger partial charge in [-0.05, 0) is 33.4 Å². The highest BCUT2D eigenvalue weighted by Gasteiger charge is 2.30. The first-order chi connectivity index (χ1) is 7.96. The highest BCUT2D eigenvalue weighted by Crippen LogP contribution is 2.20. The molecule has 0 saturated heterocycles. The fourth-order valence-electron chi connectivity index (χ4n) is 1.79. The molecule has 0 aliphatic heterocycles. The average molecular weight is 258 g/mol. The molecule has 0 aromatic heterocycles. The van der Waals surface area contributed by atoms with E-state index in [2.05, 4.69) is 24.1 Å². The third kappa shape index (κ3) is 6.59. The number of carbonyl (C=O) groups is 2. The second kappa shape index (κ2) is 6.18. The molecule has 18 heavy (non-hydrogen) atoms. The molecule has 0 aliphatic carbocycles. The second-order valence-corrected chi connectivity index (χ2v) is 6.54. The predicted octanol–water partition coefficient (Wildman–Crippen LogP) is 1.19. The highest BCUT2D eigenvalue weighted by molar-refractivity contribution is 5.84. The van der Waals surface area contributed by atoms with Crippen LogP contribution in [0.3, 0.4) is 0 Å². The Balaban J connectivity index is 4.23. The molecule has 2 N–H and O–H groups in total. The molecule has 0 heterocycles. The Labute approximate surface area is 110 Å². The first-order valence-electron chi connectivity index (χ1n) is 6.11. The van der Waals surface area contributed by atoms with Gasteiger partial charge in [0.2, 0.25) is 5.91 Å². The normalized spacial score (nSPS) is 12.6. The minimum Gasteiger partial charge on any atom is -0.481 e. The van der Waals surface area contributed by atoms with Crippen LogP contribution in [0.1, 0.15) is 34.1 Å². The van der Waals surface area contributed by atoms with Crippen LogP contribution in [0, 0.1) is 10.8 Å². The van der Waals surface area contributed by atoms with Crippen molar-refractivity contribution in [3.63, 3.8) is 0 Å². The Hall–Kier alpha value is -1.10. The van der Waals surface area contributed by atoms with E-state index in [1.54, 1.807) is 13.8 Å². The van der Waals surface area contributed by atoms with Crippen molar-refractivity contribution in [2.75, 3.05) is 27.2 Å². The lowest BCUT2D eigenvalue weighted by Crippen LogP contribution is -2.41. The third-order valence-electron chi connectivity index (χ3n) is 2.69. The Bertz CT molecular complexity index is 309. The number of amides is 1. The lowest BCUT2D eigenvalue weighted by molar-refractivity contribution is -0.149. The van der Waals surface area contributed by atoms with E-state index in [-0.39, 0.29) is 17.7 Å². The van der Waals surface area contributed by atoms with Gasteiger partial charge in [0.15, 0.2) is 0 Å². The smallest absolute Gasteiger partial charge is 0.309 e. The number of nitrogens with one attached hydrogen (secondary N) is 1. The molecule has 1 amide bonds. The van der Waals surface area contributed by atoms with E-state index in [1.807, 2.05) is 14.1 Å². The maximum absolute atomic E-state index is 11.7. The molecule has 5 nitrogen and oxygen atoms in total. The van der Waals surface area contributed by atoms with E-state index in [0.717, 1.165) is 6.54 Å². The predicted molar refractivity (Wildman–Crippen MR) is 71.4 cm³/mol. The van der Waals surface area contributed by atoms with Gasteiger partial charge in [-0.25, -0.2) is 0 Å². The van der Waals surface area contributed by atoms with Crippen molar-refractivity contribution in [3.8, 4) is 0 Å². The number of carboxylic acid groups (broad SMARTS) is 1. The van der Waals surface area contributed by atoms with E-state index in [4.69, 9.17) is 5.11 Å². The quantitative estimate of drug-likeness (QED) is 0.719. The molecule has 0 atom stereocenters. The maximum atomic E-state index is 11.7. The first kappa shape index (κ1) is 16.9. The number of rotatable bonds is 7. The molecule has 0 saturated carbocycles. The van der Waals surface area contributed by atoms with Crippen LogP contribution < -0.4 is 5.32 Å². The van der Waals surface area contributed by atoms with E-state index < -0.39 is 11.4 Å². The zero-order chi connectivity index (χ0) is 14.6. The van der Waals surface area contributed by atoms with Gasteiger partial charge in [-0.1, -0.05) is 13.8 Å². The van der Waals surface area contributed by atoms with Crippen LogP contribution in [0.2, 0.25) is 0 Å². The van der Waals surface area contributed by atoms with E-state index >= 15 is 0 Å². The van der Waals surface area contributed by atoms with Gasteiger partial charge in [0.25, 0.3) is 0 Å². The molecule has 0 unspecified atom stereocenters. The number of carboxylic acids is 1. The molecule has 0 aliphatic rings. The van der Waals surface area contributed by atoms with Crippen molar-refractivity contribution >= 4 is 11.9 Å². The lowest BCUT2D eigenvalue weighted by Gasteiger charge is -2.29. The summed E-state index contributed by atoms with van der Waals surface area (Å²) in [6.07, 6.45) is 0.000375. The van der Waals surface area contributed by atoms with E-state index in [0.29, 0.717) is 6.54 Å². The highest BCUT2D eigenvalue weighted by atomic mass is 16.4. The first-order valence-corrected chi connectivity index (χ1v) is 6.11. The second-order valence-electron chi connectivity index (χ2n) is 6.54. The summed E-state index contributed by atoms with van der Waals surface area (Å²) in [6, 6.07) is 0. The Morgan fingerprint density at radius 3 is 2.06 bits per heavy atom. The molecule has 0 radical (unpaired) electrons. The number of hydrogen-bond donors (Lipinski definition) is 2. The summed E-state index contributed by atoms with van der Waals surface area (Å²) >= 11 is 0. The summed E-state index contributed by atoms with van der Waals surface area (Å²) in [7, 11) is 3.97. The van der Waals surface area contributed by atoms with Gasteiger partial charge in [-0.3, -0.25) is 9.59 Å². The SMILES string of the molecule is CN(C)CC(C)(C)CNC(=O)CC(C)(C)C(=O)O. The molecule has 106 valence electrons. The van der Waals surface area contributed by atoms with Crippen LogP contribution in [-0.4, -0.2) is 49.1 Å². The van der Waals surface area contributed by atoms with Crippen LogP contribution in [0.25, 0.3) is 0 Å². The number of hydrogen-bond acceptors (Lipinski definition) is 3. The molecule has 0 spiro atoms. The van der Waals surface area contributed by atoms with Crippen molar-refractivity contribution in [1.82, 2.24) is 10.2 Å². The van der Waals surface area contributed by atoms with Crippen LogP contribution in [0.5, 0.6) is 0 Å². The standard InChI is InChI=1S/C13H26N2O3/c1-12(2,9-15(5)6)8-14-10(16)7-13(3,4)11(17)18/h7-9H2,1-6H3,(H,14,16)(H,17,18). The Kier molecular flexibility index (Phi) is 5.80. The number of carbonyl (C=O) groups excluding carboxylic acids is 1. The maximum Gasteiger partial charge on any atom is 0.309 e. The summed E-state index contributed by atoms with van der Waals surface area (Å²) in [6.45, 7) is 8.64. The molecule has 0 aromatic rings. The fraction of sp³-hybridized carbons (Fsp3) is 0.846. The van der Waals surface area contributed by atoms with Crippen molar-refractivity contribution < 1.29 is 14.7 Å². The molecule has 0 aromatic carbocycles. The average Bonchev–Trinajstić information content (AvgIpc) is 2.12. The van der Waals surface area contributed by atoms with Gasteiger partial charge in [0.1, 0.15) is 0 Å². The minimum atomic E-state index is -1.02. The topological polar surface area (TPSA) is 69.6 Å². The zero-order valence-corrected chi connectivity index (χ0v) is 12.3. The molecular weight excluding hydrogens is 232 g/mol. The van der Waals surface area contributed by atoms with Gasteiger partial charge in [-0.15, -0.1) is 0 Å². The largest absolute Gasteiger partial charge is 0.481 e. The van der Waals surface area contributed by atoms with Crippen LogP contribution in [-0.2, 0) is 9.59 Å². The summed E-state index contributed by atoms with van der Waals surface area (Å²) < 4.78 is 0. The monoisotopic (exact) mass is 258 g/mol. The lowest BCUT2D eigenvalue weighted by atomic mass is 9.88. The van der Waals surface area contributed by atoms with Crippen molar-refractivity contribution in [1.29, 1.82) is 0 Å². The Morgan fingerprint density at radius 1 is 1.17 bits per heavy atom. The fourth-order valence-corrected chi connectivity index (χ4v) is 1.79. The summed E-state index contributed by atoms with van der Waals surface area (Å²) in [5.74, 6) is -1.17. The minimum absolute atomic E-state index is 0.000375. The summed E-state index contributed by atoms with van der Waals surface area (Å²) in [4.78, 5) is 24.7. The van der Waals surface area contributed by atoms with Gasteiger partial charge < -0.3 is 15.3 Å². The molecule has 0 bridgehead atoms.